The van der Waals surface area contributed by atoms with E-state index in [4.69, 9.17) is 18.3 Å². The van der Waals surface area contributed by atoms with Crippen molar-refractivity contribution in [3.63, 3.8) is 0 Å². The number of sulfonamides is 2. The highest BCUT2D eigenvalue weighted by molar-refractivity contribution is 7.93. The Hall–Kier alpha value is -7.86. The molecule has 0 saturated heterocycles. The van der Waals surface area contributed by atoms with E-state index < -0.39 is 43.5 Å². The standard InChI is InChI=1S/2C24H19F3N4O4S/c2*1-14-30-21(12-35-14)20-10-15(24(25,26)27)2-4-17(20)18-7-9-34-22-11-16(3-5-19(18)22)36(32,33)31-23-6-8-28-13-29-23/h2*2-6,8,10-13,18H,7,9H2,1H3,(H,28,29,31)/t2*18-/m10/s1. The number of benzene rings is 4. The maximum absolute atomic E-state index is 13.5. The van der Waals surface area contributed by atoms with E-state index in [2.05, 4.69) is 39.3 Å². The Morgan fingerprint density at radius 2 is 0.944 bits per heavy atom. The lowest BCUT2D eigenvalue weighted by Crippen LogP contribution is -2.18. The van der Waals surface area contributed by atoms with Crippen LogP contribution >= 0.6 is 0 Å². The molecule has 0 saturated carbocycles. The van der Waals surface area contributed by atoms with Crippen molar-refractivity contribution in [3.8, 4) is 34.0 Å². The van der Waals surface area contributed by atoms with Crippen molar-refractivity contribution < 1.29 is 61.5 Å². The van der Waals surface area contributed by atoms with Crippen molar-refractivity contribution in [2.75, 3.05) is 22.7 Å². The van der Waals surface area contributed by atoms with E-state index in [1.807, 2.05) is 0 Å². The van der Waals surface area contributed by atoms with Gasteiger partial charge in [-0.05, 0) is 72.5 Å². The molecule has 24 heteroatoms. The number of nitrogens with one attached hydrogen (secondary N) is 2. The summed E-state index contributed by atoms with van der Waals surface area (Å²) in [5.74, 6) is 0.832. The van der Waals surface area contributed by atoms with Gasteiger partial charge in [0.25, 0.3) is 20.0 Å². The third-order valence-electron chi connectivity index (χ3n) is 11.6. The number of hydrogen-bond acceptors (Lipinski definition) is 14. The highest BCUT2D eigenvalue weighted by Gasteiger charge is 2.36. The molecule has 2 atom stereocenters. The largest absolute Gasteiger partial charge is 0.493 e. The lowest BCUT2D eigenvalue weighted by atomic mass is 9.83. The number of rotatable bonds is 10. The summed E-state index contributed by atoms with van der Waals surface area (Å²) in [5, 5.41) is 0. The molecule has 0 aliphatic carbocycles. The number of aryl methyl sites for hydroxylation is 2. The molecule has 372 valence electrons. The number of aromatic nitrogens is 6. The molecule has 72 heavy (non-hydrogen) atoms. The van der Waals surface area contributed by atoms with Crippen LogP contribution in [0.15, 0.2) is 141 Å². The van der Waals surface area contributed by atoms with Crippen molar-refractivity contribution in [1.29, 1.82) is 0 Å². The molecule has 2 aliphatic heterocycles. The third kappa shape index (κ3) is 10.6. The fourth-order valence-corrected chi connectivity index (χ4v) is 10.4. The first kappa shape index (κ1) is 49.1. The predicted molar refractivity (Wildman–Crippen MR) is 246 cm³/mol. The van der Waals surface area contributed by atoms with Gasteiger partial charge >= 0.3 is 12.4 Å². The van der Waals surface area contributed by atoms with Crippen molar-refractivity contribution in [2.24, 2.45) is 0 Å². The van der Waals surface area contributed by atoms with Gasteiger partial charge in [-0.2, -0.15) is 26.3 Å². The lowest BCUT2D eigenvalue weighted by Gasteiger charge is -2.28. The quantitative estimate of drug-likeness (QED) is 0.122. The van der Waals surface area contributed by atoms with E-state index in [0.717, 1.165) is 24.3 Å². The van der Waals surface area contributed by atoms with Crippen LogP contribution in [0.3, 0.4) is 0 Å². The second-order valence-electron chi connectivity index (χ2n) is 16.3. The summed E-state index contributed by atoms with van der Waals surface area (Å²) in [6, 6.07) is 18.8. The normalized spacial score (nSPS) is 15.7. The van der Waals surface area contributed by atoms with E-state index in [1.165, 1.54) is 86.1 Å². The van der Waals surface area contributed by atoms with Crippen LogP contribution in [0.1, 0.15) is 69.8 Å². The number of hydrogen-bond donors (Lipinski definition) is 2. The molecule has 4 aromatic heterocycles. The average Bonchev–Trinajstić information content (AvgIpc) is 4.00. The zero-order chi connectivity index (χ0) is 51.0. The molecule has 8 aromatic rings. The minimum Gasteiger partial charge on any atom is -0.493 e. The maximum atomic E-state index is 13.5. The van der Waals surface area contributed by atoms with E-state index in [9.17, 15) is 43.2 Å². The summed E-state index contributed by atoms with van der Waals surface area (Å²) in [5.41, 5.74) is 2.09. The van der Waals surface area contributed by atoms with E-state index in [1.54, 1.807) is 26.0 Å². The zero-order valence-electron chi connectivity index (χ0n) is 37.6. The number of anilines is 2. The van der Waals surface area contributed by atoms with Crippen LogP contribution < -0.4 is 18.9 Å². The Bertz CT molecular complexity index is 3270. The first-order chi connectivity index (χ1) is 34.2. The van der Waals surface area contributed by atoms with Crippen LogP contribution in [-0.4, -0.2) is 60.0 Å². The molecule has 0 spiro atoms. The molecular formula is C48H38F6N8O8S2. The number of oxazole rings is 2. The van der Waals surface area contributed by atoms with E-state index >= 15 is 0 Å². The summed E-state index contributed by atoms with van der Waals surface area (Å²) < 4.78 is 159. The maximum Gasteiger partial charge on any atom is 0.416 e. The van der Waals surface area contributed by atoms with Crippen LogP contribution in [0.25, 0.3) is 22.5 Å². The molecule has 4 aromatic carbocycles. The van der Waals surface area contributed by atoms with Crippen LogP contribution in [0, 0.1) is 13.8 Å². The Morgan fingerprint density at radius 1 is 0.542 bits per heavy atom. The monoisotopic (exact) mass is 1030 g/mol. The van der Waals surface area contributed by atoms with E-state index in [0.29, 0.717) is 69.5 Å². The summed E-state index contributed by atoms with van der Waals surface area (Å²) in [6.07, 6.45) is -0.202. The molecule has 10 rings (SSSR count). The predicted octanol–water partition coefficient (Wildman–Crippen LogP) is 10.3. The number of halogens is 6. The molecular weight excluding hydrogens is 995 g/mol. The lowest BCUT2D eigenvalue weighted by molar-refractivity contribution is -0.138. The zero-order valence-corrected chi connectivity index (χ0v) is 39.2. The van der Waals surface area contributed by atoms with Crippen LogP contribution in [0.5, 0.6) is 11.5 Å². The van der Waals surface area contributed by atoms with Crippen LogP contribution in [0.4, 0.5) is 38.0 Å². The van der Waals surface area contributed by atoms with Crippen LogP contribution in [0.2, 0.25) is 0 Å². The van der Waals surface area contributed by atoms with Gasteiger partial charge in [-0.1, -0.05) is 24.3 Å². The SMILES string of the molecule is Cc1nc(-c2cc(C(F)(F)F)ccc2[C@@H]2CCOc3cc(S(=O)(=O)Nc4ccncn4)ccc32)co1.Cc1nc(-c2cc(C(F)(F)F)ccc2[C@H]2CCOc3cc(S(=O)(=O)Nc4ccncn4)ccc32)co1. The van der Waals surface area contributed by atoms with Gasteiger partial charge in [0.05, 0.1) is 34.1 Å². The Morgan fingerprint density at radius 3 is 1.29 bits per heavy atom. The number of ether oxygens (including phenoxy) is 2. The topological polar surface area (TPSA) is 214 Å². The van der Waals surface area contributed by atoms with Crippen LogP contribution in [-0.2, 0) is 32.4 Å². The van der Waals surface area contributed by atoms with Gasteiger partial charge < -0.3 is 18.3 Å². The average molecular weight is 1030 g/mol. The Balaban J connectivity index is 0.000000178. The highest BCUT2D eigenvalue weighted by Crippen LogP contribution is 2.46. The fraction of sp³-hybridized carbons (Fsp3) is 0.208. The van der Waals surface area contributed by atoms with E-state index in [-0.39, 0.29) is 57.9 Å². The molecule has 0 radical (unpaired) electrons. The summed E-state index contributed by atoms with van der Waals surface area (Å²) in [6.45, 7) is 3.72. The first-order valence-corrected chi connectivity index (χ1v) is 24.6. The van der Waals surface area contributed by atoms with Gasteiger partial charge in [0, 0.05) is 72.5 Å². The molecule has 0 fully saturated rings. The minimum absolute atomic E-state index is 0.0414. The molecule has 2 aliphatic rings. The minimum atomic E-state index is -4.53. The smallest absolute Gasteiger partial charge is 0.416 e. The van der Waals surface area contributed by atoms with Gasteiger partial charge in [-0.3, -0.25) is 9.44 Å². The van der Waals surface area contributed by atoms with Gasteiger partial charge in [0.1, 0.15) is 59.7 Å². The summed E-state index contributed by atoms with van der Waals surface area (Å²) in [4.78, 5) is 23.6. The number of alkyl halides is 6. The van der Waals surface area contributed by atoms with Gasteiger partial charge in [0.15, 0.2) is 11.8 Å². The Kier molecular flexibility index (Phi) is 13.2. The molecule has 16 nitrogen and oxygen atoms in total. The first-order valence-electron chi connectivity index (χ1n) is 21.6. The van der Waals surface area contributed by atoms with Crippen molar-refractivity contribution >= 4 is 31.7 Å². The molecule has 0 amide bonds. The summed E-state index contributed by atoms with van der Waals surface area (Å²) >= 11 is 0. The van der Waals surface area contributed by atoms with Crippen molar-refractivity contribution in [3.05, 3.63) is 168 Å². The van der Waals surface area contributed by atoms with Gasteiger partial charge in [-0.15, -0.1) is 0 Å². The van der Waals surface area contributed by atoms with Crippen molar-refractivity contribution in [2.45, 2.75) is 60.7 Å². The molecule has 2 N–H and O–H groups in total. The number of fused-ring (bicyclic) bond motifs is 2. The molecule has 0 unspecified atom stereocenters. The van der Waals surface area contributed by atoms with Crippen molar-refractivity contribution in [1.82, 2.24) is 29.9 Å². The Labute approximate surface area is 406 Å². The fourth-order valence-electron chi connectivity index (χ4n) is 8.31. The highest BCUT2D eigenvalue weighted by atomic mass is 32.2. The molecule has 6 heterocycles. The third-order valence-corrected chi connectivity index (χ3v) is 14.3. The molecule has 0 bridgehead atoms. The second kappa shape index (κ2) is 19.4. The summed E-state index contributed by atoms with van der Waals surface area (Å²) in [7, 11) is -7.93. The van der Waals surface area contributed by atoms with Gasteiger partial charge in [0.2, 0.25) is 0 Å². The number of nitrogens with zero attached hydrogens (tertiary/aromatic N) is 6. The second-order valence-corrected chi connectivity index (χ2v) is 19.6. The van der Waals surface area contributed by atoms with Gasteiger partial charge in [-0.25, -0.2) is 46.7 Å².